The van der Waals surface area contributed by atoms with E-state index in [1.165, 1.54) is 12.1 Å². The second-order valence-corrected chi connectivity index (χ2v) is 7.63. The Hall–Kier alpha value is -2.38. The smallest absolute Gasteiger partial charge is 0.271 e. The number of anilines is 1. The molecular formula is C22H28FN3O3. The van der Waals surface area contributed by atoms with Crippen LogP contribution in [0.25, 0.3) is 0 Å². The summed E-state index contributed by atoms with van der Waals surface area (Å²) in [5, 5.41) is 0. The van der Waals surface area contributed by atoms with Crippen LogP contribution >= 0.6 is 0 Å². The van der Waals surface area contributed by atoms with Gasteiger partial charge in [0.2, 0.25) is 0 Å². The molecular weight excluding hydrogens is 373 g/mol. The number of ether oxygens (including phenoxy) is 2. The second-order valence-electron chi connectivity index (χ2n) is 7.63. The molecule has 0 N–H and O–H groups in total. The summed E-state index contributed by atoms with van der Waals surface area (Å²) in [7, 11) is 0. The summed E-state index contributed by atoms with van der Waals surface area (Å²) in [6.07, 6.45) is 0. The van der Waals surface area contributed by atoms with Gasteiger partial charge >= 0.3 is 0 Å². The van der Waals surface area contributed by atoms with Gasteiger partial charge in [-0.3, -0.25) is 4.79 Å². The minimum Gasteiger partial charge on any atom is -0.378 e. The topological polar surface area (TPSA) is 46.9 Å². The Balaban J connectivity index is 1.76. The van der Waals surface area contributed by atoms with Gasteiger partial charge in [-0.2, -0.15) is 0 Å². The molecule has 156 valence electrons. The Bertz CT molecular complexity index is 884. The lowest BCUT2D eigenvalue weighted by Crippen LogP contribution is -2.41. The van der Waals surface area contributed by atoms with Crippen molar-refractivity contribution >= 4 is 11.6 Å². The maximum absolute atomic E-state index is 13.8. The Morgan fingerprint density at radius 2 is 1.69 bits per heavy atom. The number of hydrogen-bond donors (Lipinski definition) is 0. The molecule has 0 unspecified atom stereocenters. The molecule has 2 aromatic rings. The molecule has 4 rings (SSSR count). The van der Waals surface area contributed by atoms with Crippen LogP contribution in [0, 0.1) is 19.7 Å². The van der Waals surface area contributed by atoms with Gasteiger partial charge in [-0.15, -0.1) is 0 Å². The zero-order chi connectivity index (χ0) is 20.4. The lowest BCUT2D eigenvalue weighted by molar-refractivity contribution is 0.0295. The largest absolute Gasteiger partial charge is 0.378 e. The molecule has 29 heavy (non-hydrogen) atoms. The Morgan fingerprint density at radius 1 is 1.03 bits per heavy atom. The minimum absolute atomic E-state index is 0.0183. The minimum atomic E-state index is -0.265. The standard InChI is InChI=1S/C22H28FN3O3/c1-16-20(24-6-10-28-11-7-24)17(2)26(15-18-4-3-5-19(23)14-18)21(16)22(27)25-8-12-29-13-9-25/h3-5,14H,6-13,15H2,1-2H3. The SMILES string of the molecule is Cc1c(N2CCOCC2)c(C)n(Cc2cccc(F)c2)c1C(=O)N1CCOCC1. The summed E-state index contributed by atoms with van der Waals surface area (Å²) in [5.41, 5.74) is 4.65. The van der Waals surface area contributed by atoms with Crippen molar-refractivity contribution in [3.05, 3.63) is 52.6 Å². The molecule has 0 bridgehead atoms. The van der Waals surface area contributed by atoms with Gasteiger partial charge in [0.25, 0.3) is 5.91 Å². The van der Waals surface area contributed by atoms with E-state index in [-0.39, 0.29) is 11.7 Å². The van der Waals surface area contributed by atoms with Crippen molar-refractivity contribution in [3.8, 4) is 0 Å². The van der Waals surface area contributed by atoms with Gasteiger partial charge in [-0.05, 0) is 31.5 Å². The molecule has 7 heteroatoms. The summed E-state index contributed by atoms with van der Waals surface area (Å²) in [4.78, 5) is 17.6. The normalized spacial score (nSPS) is 17.6. The fourth-order valence-corrected chi connectivity index (χ4v) is 4.34. The van der Waals surface area contributed by atoms with E-state index in [9.17, 15) is 9.18 Å². The van der Waals surface area contributed by atoms with Crippen molar-refractivity contribution in [2.45, 2.75) is 20.4 Å². The molecule has 0 atom stereocenters. The summed E-state index contributed by atoms with van der Waals surface area (Å²) < 4.78 is 26.7. The van der Waals surface area contributed by atoms with Gasteiger partial charge < -0.3 is 23.8 Å². The number of amides is 1. The van der Waals surface area contributed by atoms with Gasteiger partial charge in [0, 0.05) is 44.0 Å². The van der Waals surface area contributed by atoms with Crippen LogP contribution in [0.15, 0.2) is 24.3 Å². The number of benzene rings is 1. The highest BCUT2D eigenvalue weighted by Crippen LogP contribution is 2.33. The number of halogens is 1. The van der Waals surface area contributed by atoms with Crippen molar-refractivity contribution in [2.24, 2.45) is 0 Å². The molecule has 0 saturated carbocycles. The van der Waals surface area contributed by atoms with E-state index < -0.39 is 0 Å². The first-order valence-electron chi connectivity index (χ1n) is 10.2. The van der Waals surface area contributed by atoms with Crippen molar-refractivity contribution in [1.82, 2.24) is 9.47 Å². The van der Waals surface area contributed by atoms with E-state index in [1.807, 2.05) is 29.4 Å². The third-order valence-corrected chi connectivity index (χ3v) is 5.79. The molecule has 2 aliphatic rings. The first-order valence-corrected chi connectivity index (χ1v) is 10.2. The number of hydrogen-bond acceptors (Lipinski definition) is 4. The summed E-state index contributed by atoms with van der Waals surface area (Å²) in [5.74, 6) is -0.247. The number of rotatable bonds is 4. The highest BCUT2D eigenvalue weighted by Gasteiger charge is 2.30. The molecule has 3 heterocycles. The van der Waals surface area contributed by atoms with Crippen LogP contribution in [0.1, 0.15) is 27.3 Å². The van der Waals surface area contributed by atoms with E-state index in [4.69, 9.17) is 9.47 Å². The zero-order valence-electron chi connectivity index (χ0n) is 17.1. The average Bonchev–Trinajstić information content (AvgIpc) is 2.98. The fraction of sp³-hybridized carbons (Fsp3) is 0.500. The van der Waals surface area contributed by atoms with E-state index in [0.29, 0.717) is 51.8 Å². The molecule has 2 fully saturated rings. The van der Waals surface area contributed by atoms with Gasteiger partial charge in [-0.25, -0.2) is 4.39 Å². The Labute approximate surface area is 170 Å². The molecule has 2 saturated heterocycles. The zero-order valence-corrected chi connectivity index (χ0v) is 17.1. The number of morpholine rings is 2. The highest BCUT2D eigenvalue weighted by atomic mass is 19.1. The van der Waals surface area contributed by atoms with Crippen LogP contribution < -0.4 is 4.90 Å². The molecule has 2 aliphatic heterocycles. The van der Waals surface area contributed by atoms with Crippen molar-refractivity contribution in [1.29, 1.82) is 0 Å². The first-order chi connectivity index (χ1) is 14.1. The van der Waals surface area contributed by atoms with Crippen LogP contribution in [0.3, 0.4) is 0 Å². The van der Waals surface area contributed by atoms with Crippen LogP contribution in [-0.4, -0.2) is 68.0 Å². The number of carbonyl (C=O) groups is 1. The van der Waals surface area contributed by atoms with Crippen LogP contribution in [0.5, 0.6) is 0 Å². The predicted molar refractivity (Wildman–Crippen MR) is 109 cm³/mol. The van der Waals surface area contributed by atoms with Crippen LogP contribution in [0.4, 0.5) is 10.1 Å². The summed E-state index contributed by atoms with van der Waals surface area (Å²) in [6, 6.07) is 6.58. The monoisotopic (exact) mass is 401 g/mol. The summed E-state index contributed by atoms with van der Waals surface area (Å²) in [6.45, 7) is 9.80. The third-order valence-electron chi connectivity index (χ3n) is 5.79. The molecule has 1 aromatic heterocycles. The highest BCUT2D eigenvalue weighted by molar-refractivity contribution is 5.96. The van der Waals surface area contributed by atoms with E-state index in [2.05, 4.69) is 4.90 Å². The first kappa shape index (κ1) is 19.9. The molecule has 1 aromatic carbocycles. The second kappa shape index (κ2) is 8.55. The van der Waals surface area contributed by atoms with Gasteiger partial charge in [0.05, 0.1) is 32.1 Å². The lowest BCUT2D eigenvalue weighted by Gasteiger charge is -2.30. The van der Waals surface area contributed by atoms with Gasteiger partial charge in [0.1, 0.15) is 11.5 Å². The Kier molecular flexibility index (Phi) is 5.87. The number of nitrogens with zero attached hydrogens (tertiary/aromatic N) is 3. The van der Waals surface area contributed by atoms with E-state index in [0.717, 1.165) is 35.6 Å². The van der Waals surface area contributed by atoms with E-state index in [1.54, 1.807) is 6.07 Å². The predicted octanol–water partition coefficient (Wildman–Crippen LogP) is 2.60. The fourth-order valence-electron chi connectivity index (χ4n) is 4.34. The lowest BCUT2D eigenvalue weighted by atomic mass is 10.1. The van der Waals surface area contributed by atoms with Crippen molar-refractivity contribution in [2.75, 3.05) is 57.5 Å². The molecule has 0 aliphatic carbocycles. The maximum Gasteiger partial charge on any atom is 0.271 e. The molecule has 1 amide bonds. The Morgan fingerprint density at radius 3 is 2.34 bits per heavy atom. The molecule has 0 radical (unpaired) electrons. The summed E-state index contributed by atoms with van der Waals surface area (Å²) >= 11 is 0. The maximum atomic E-state index is 13.8. The van der Waals surface area contributed by atoms with Crippen molar-refractivity contribution < 1.29 is 18.7 Å². The number of aromatic nitrogens is 1. The number of carbonyl (C=O) groups excluding carboxylic acids is 1. The molecule has 0 spiro atoms. The van der Waals surface area contributed by atoms with Crippen LogP contribution in [-0.2, 0) is 16.0 Å². The quantitative estimate of drug-likeness (QED) is 0.790. The average molecular weight is 401 g/mol. The van der Waals surface area contributed by atoms with E-state index >= 15 is 0 Å². The molecule has 6 nitrogen and oxygen atoms in total. The van der Waals surface area contributed by atoms with Crippen LogP contribution in [0.2, 0.25) is 0 Å². The van der Waals surface area contributed by atoms with Gasteiger partial charge in [-0.1, -0.05) is 12.1 Å². The van der Waals surface area contributed by atoms with Gasteiger partial charge in [0.15, 0.2) is 0 Å². The third kappa shape index (κ3) is 4.02. The van der Waals surface area contributed by atoms with Crippen molar-refractivity contribution in [3.63, 3.8) is 0 Å².